The first kappa shape index (κ1) is 43.6. The summed E-state index contributed by atoms with van der Waals surface area (Å²) in [4.78, 5) is 19.7. The van der Waals surface area contributed by atoms with E-state index in [1.54, 1.807) is 37.5 Å². The lowest BCUT2D eigenvalue weighted by molar-refractivity contribution is -0.223. The molecule has 2 saturated carbocycles. The molecule has 0 bridgehead atoms. The Morgan fingerprint density at radius 3 is 2.47 bits per heavy atom. The van der Waals surface area contributed by atoms with Crippen LogP contribution in [0, 0.1) is 17.8 Å². The molecule has 1 heterocycles. The minimum absolute atomic E-state index is 0.109. The third-order valence-electron chi connectivity index (χ3n) is 12.4. The highest BCUT2D eigenvalue weighted by atomic mass is 32.2. The van der Waals surface area contributed by atoms with Gasteiger partial charge in [-0.05, 0) is 91.8 Å². The number of aliphatic hydroxyl groups excluding tert-OH is 2. The molecule has 0 saturated heterocycles. The smallest absolute Gasteiger partial charge is 0.417 e. The Hall–Kier alpha value is -4.49. The molecule has 3 aromatic carbocycles. The number of nitrogens with zero attached hydrogens (tertiary/aromatic N) is 1. The van der Waals surface area contributed by atoms with Gasteiger partial charge in [0.1, 0.15) is 29.6 Å². The Kier molecular flexibility index (Phi) is 15.2. The number of nitrogens with one attached hydrogen (secondary N) is 1. The molecule has 1 aliphatic heterocycles. The molecular weight excluding hydrogens is 781 g/mol. The second-order valence-corrected chi connectivity index (χ2v) is 17.6. The molecule has 12 heteroatoms. The number of carbonyl (C=O) groups excluding carboxylic acids is 1. The third-order valence-corrected chi connectivity index (χ3v) is 14.1. The van der Waals surface area contributed by atoms with Gasteiger partial charge in [-0.15, -0.1) is 18.3 Å². The Morgan fingerprint density at radius 1 is 0.967 bits per heavy atom. The SMILES string of the molecule is C=CCO[C@@]12Oc3ccc(OC(=O)Nc4ccc(OC)cc4OC)cc3[C@H]3[C@H](CCCCO)[C@@H](CCCCO)C=C(C(=NOCc4ccccc4)C[C@@H]1SC1CCCC1)[C@H]32. The van der Waals surface area contributed by atoms with Gasteiger partial charge in [0.15, 0.2) is 0 Å². The predicted molar refractivity (Wildman–Crippen MR) is 235 cm³/mol. The van der Waals surface area contributed by atoms with E-state index in [2.05, 4.69) is 18.0 Å². The molecule has 3 aromatic rings. The average Bonchev–Trinajstić information content (AvgIpc) is 3.79. The summed E-state index contributed by atoms with van der Waals surface area (Å²) in [5.74, 6) is 0.888. The molecule has 322 valence electrons. The maximum absolute atomic E-state index is 13.5. The van der Waals surface area contributed by atoms with Crippen LogP contribution in [0.25, 0.3) is 0 Å². The van der Waals surface area contributed by atoms with E-state index >= 15 is 0 Å². The molecule has 7 rings (SSSR count). The highest BCUT2D eigenvalue weighted by molar-refractivity contribution is 8.00. The Balaban J connectivity index is 1.33. The summed E-state index contributed by atoms with van der Waals surface area (Å²) < 4.78 is 31.3. The van der Waals surface area contributed by atoms with E-state index in [1.807, 2.05) is 54.2 Å². The zero-order valence-electron chi connectivity index (χ0n) is 34.9. The summed E-state index contributed by atoms with van der Waals surface area (Å²) in [5.41, 5.74) is 4.39. The van der Waals surface area contributed by atoms with Gasteiger partial charge in [0.25, 0.3) is 0 Å². The fourth-order valence-corrected chi connectivity index (χ4v) is 11.4. The number of oxime groups is 1. The summed E-state index contributed by atoms with van der Waals surface area (Å²) in [6.07, 6.45) is 13.6. The van der Waals surface area contributed by atoms with Crippen molar-refractivity contribution in [2.75, 3.05) is 39.4 Å². The van der Waals surface area contributed by atoms with Crippen molar-refractivity contribution in [3.8, 4) is 23.0 Å². The van der Waals surface area contributed by atoms with Crippen LogP contribution in [0.5, 0.6) is 23.0 Å². The number of methoxy groups -OCH3 is 2. The van der Waals surface area contributed by atoms with Gasteiger partial charge in [0, 0.05) is 42.4 Å². The largest absolute Gasteiger partial charge is 0.497 e. The van der Waals surface area contributed by atoms with Crippen molar-refractivity contribution in [3.63, 3.8) is 0 Å². The molecule has 1 amide bonds. The van der Waals surface area contributed by atoms with Crippen molar-refractivity contribution in [3.05, 3.63) is 102 Å². The lowest BCUT2D eigenvalue weighted by Crippen LogP contribution is -2.64. The quantitative estimate of drug-likeness (QED) is 0.0573. The van der Waals surface area contributed by atoms with Crippen molar-refractivity contribution in [2.45, 2.75) is 99.4 Å². The first-order valence-corrected chi connectivity index (χ1v) is 22.5. The fraction of sp³-hybridized carbons (Fsp3) is 0.500. The zero-order valence-corrected chi connectivity index (χ0v) is 35.7. The molecule has 0 aromatic heterocycles. The normalized spacial score (nSPS) is 25.0. The number of aliphatic hydroxyl groups is 2. The first-order valence-electron chi connectivity index (χ1n) is 21.5. The number of rotatable bonds is 20. The van der Waals surface area contributed by atoms with Crippen molar-refractivity contribution in [1.29, 1.82) is 0 Å². The van der Waals surface area contributed by atoms with Crippen LogP contribution < -0.4 is 24.3 Å². The van der Waals surface area contributed by atoms with Gasteiger partial charge in [-0.1, -0.05) is 73.3 Å². The van der Waals surface area contributed by atoms with Crippen molar-refractivity contribution in [2.24, 2.45) is 22.9 Å². The van der Waals surface area contributed by atoms with Crippen LogP contribution in [-0.4, -0.2) is 72.3 Å². The topological polar surface area (TPSA) is 137 Å². The van der Waals surface area contributed by atoms with Crippen LogP contribution in [0.1, 0.15) is 87.7 Å². The van der Waals surface area contributed by atoms with Gasteiger partial charge in [-0.25, -0.2) is 4.79 Å². The monoisotopic (exact) mass is 840 g/mol. The molecule has 4 aliphatic rings. The van der Waals surface area contributed by atoms with Crippen LogP contribution in [-0.2, 0) is 16.2 Å². The summed E-state index contributed by atoms with van der Waals surface area (Å²) >= 11 is 1.96. The number of hydrogen-bond donors (Lipinski definition) is 3. The number of fused-ring (bicyclic) bond motifs is 2. The van der Waals surface area contributed by atoms with Crippen LogP contribution >= 0.6 is 11.8 Å². The molecule has 3 N–H and O–H groups in total. The van der Waals surface area contributed by atoms with Gasteiger partial charge in [0.2, 0.25) is 5.79 Å². The molecule has 0 spiro atoms. The molecule has 11 nitrogen and oxygen atoms in total. The molecule has 2 fully saturated rings. The summed E-state index contributed by atoms with van der Waals surface area (Å²) in [6, 6.07) is 20.9. The Morgan fingerprint density at radius 2 is 1.73 bits per heavy atom. The molecule has 0 unspecified atom stereocenters. The van der Waals surface area contributed by atoms with E-state index in [-0.39, 0.29) is 42.1 Å². The van der Waals surface area contributed by atoms with Gasteiger partial charge in [0.05, 0.1) is 43.4 Å². The molecular formula is C48H60N2O9S. The minimum atomic E-state index is -1.06. The molecule has 6 atom stereocenters. The van der Waals surface area contributed by atoms with E-state index in [0.29, 0.717) is 66.4 Å². The van der Waals surface area contributed by atoms with Crippen LogP contribution in [0.3, 0.4) is 0 Å². The molecule has 0 radical (unpaired) electrons. The predicted octanol–water partition coefficient (Wildman–Crippen LogP) is 9.82. The number of benzene rings is 3. The van der Waals surface area contributed by atoms with Gasteiger partial charge in [-0.2, -0.15) is 0 Å². The summed E-state index contributed by atoms with van der Waals surface area (Å²) in [7, 11) is 3.10. The van der Waals surface area contributed by atoms with Gasteiger partial charge >= 0.3 is 6.09 Å². The number of hydrogen-bond acceptors (Lipinski definition) is 11. The van der Waals surface area contributed by atoms with Crippen molar-refractivity contribution < 1.29 is 43.5 Å². The number of ether oxygens (including phenoxy) is 5. The van der Waals surface area contributed by atoms with E-state index in [1.165, 1.54) is 20.0 Å². The van der Waals surface area contributed by atoms with Crippen molar-refractivity contribution >= 4 is 29.3 Å². The Labute approximate surface area is 358 Å². The standard InChI is InChI=1S/C48H60N2O9S/c1-4-26-56-48-44(60-36-17-8-9-18-36)30-41(50-57-31-32-14-6-5-7-15-32)38-27-33(16-10-12-24-51)37(19-11-13-25-52)45(46(38)48)39-28-35(21-23-42(39)59-48)58-47(53)49-40-22-20-34(54-2)29-43(40)55-3/h4-7,14-15,20-23,27-29,33,36-37,44-46,51-52H,1,8-13,16-19,24-26,30-31H2,2-3H3,(H,49,53)/t33-,37+,44-,45+,46+,48+/m0/s1. The van der Waals surface area contributed by atoms with Gasteiger partial charge < -0.3 is 38.7 Å². The maximum Gasteiger partial charge on any atom is 0.417 e. The van der Waals surface area contributed by atoms with Crippen LogP contribution in [0.2, 0.25) is 0 Å². The van der Waals surface area contributed by atoms with E-state index in [0.717, 1.165) is 60.9 Å². The van der Waals surface area contributed by atoms with E-state index in [9.17, 15) is 15.0 Å². The molecule has 3 aliphatic carbocycles. The molecule has 60 heavy (non-hydrogen) atoms. The van der Waals surface area contributed by atoms with Crippen molar-refractivity contribution in [1.82, 2.24) is 0 Å². The lowest BCUT2D eigenvalue weighted by atomic mass is 9.56. The number of anilines is 1. The van der Waals surface area contributed by atoms with Crippen LogP contribution in [0.15, 0.2) is 96.2 Å². The van der Waals surface area contributed by atoms with E-state index in [4.69, 9.17) is 33.7 Å². The first-order chi connectivity index (χ1) is 29.4. The number of thioether (sulfide) groups is 1. The van der Waals surface area contributed by atoms with Gasteiger partial charge in [-0.3, -0.25) is 5.32 Å². The third kappa shape index (κ3) is 9.83. The summed E-state index contributed by atoms with van der Waals surface area (Å²) in [5, 5.41) is 28.0. The highest BCUT2D eigenvalue weighted by Gasteiger charge is 2.64. The maximum atomic E-state index is 13.5. The number of amides is 1. The van der Waals surface area contributed by atoms with E-state index < -0.39 is 11.9 Å². The zero-order chi connectivity index (χ0) is 41.9. The highest BCUT2D eigenvalue weighted by Crippen LogP contribution is 2.63. The minimum Gasteiger partial charge on any atom is -0.497 e. The second kappa shape index (κ2) is 20.9. The summed E-state index contributed by atoms with van der Waals surface area (Å²) in [6.45, 7) is 4.95. The Bertz CT molecular complexity index is 1970. The van der Waals surface area contributed by atoms with Crippen LogP contribution in [0.4, 0.5) is 10.5 Å². The average molecular weight is 841 g/mol. The number of allylic oxidation sites excluding steroid dienone is 1. The second-order valence-electron chi connectivity index (χ2n) is 16.1. The number of carbonyl (C=O) groups is 1. The lowest BCUT2D eigenvalue weighted by Gasteiger charge is -2.58. The number of unbranched alkanes of at least 4 members (excludes halogenated alkanes) is 2. The fourth-order valence-electron chi connectivity index (χ4n) is 9.67.